The fourth-order valence-electron chi connectivity index (χ4n) is 8.35. The van der Waals surface area contributed by atoms with Crippen LogP contribution >= 0.6 is 0 Å². The second-order valence-corrected chi connectivity index (χ2v) is 21.5. The van der Waals surface area contributed by atoms with Gasteiger partial charge in [-0.05, 0) is 105 Å². The fourth-order valence-corrected chi connectivity index (χ4v) is 8.35. The molecule has 6 rings (SSSR count). The molecule has 1 amide bonds. The van der Waals surface area contributed by atoms with E-state index in [1.165, 1.54) is 132 Å². The third kappa shape index (κ3) is 40.8. The van der Waals surface area contributed by atoms with Gasteiger partial charge >= 0.3 is 51.4 Å². The number of fused-ring (bicyclic) bond motifs is 1. The molecule has 0 saturated heterocycles. The van der Waals surface area contributed by atoms with Crippen LogP contribution in [0.2, 0.25) is 0 Å². The van der Waals surface area contributed by atoms with Crippen molar-refractivity contribution in [1.29, 1.82) is 0 Å². The number of methoxy groups -OCH3 is 2. The fraction of sp³-hybridized carbons (Fsp3) is 0.642. The first-order valence-electron chi connectivity index (χ1n) is 30.0. The summed E-state index contributed by atoms with van der Waals surface area (Å²) >= 11 is 0. The third-order valence-electron chi connectivity index (χ3n) is 14.0. The molecule has 2 N–H and O–H groups in total. The monoisotopic (exact) mass is 1140 g/mol. The normalized spacial score (nSPS) is 14.0. The van der Waals surface area contributed by atoms with E-state index in [0.717, 1.165) is 78.3 Å². The Bertz CT molecular complexity index is 2060. The van der Waals surface area contributed by atoms with Gasteiger partial charge in [0.25, 0.3) is 0 Å². The summed E-state index contributed by atoms with van der Waals surface area (Å²) in [5, 5.41) is 5.65. The molecule has 2 aromatic carbocycles. The Balaban J connectivity index is -0.000000872. The molecular weight excluding hydrogens is 1030 g/mol. The average molecular weight is 1140 g/mol. The summed E-state index contributed by atoms with van der Waals surface area (Å²) in [5.74, 6) is 3.35. The molecule has 0 spiro atoms. The third-order valence-corrected chi connectivity index (χ3v) is 14.0. The largest absolute Gasteiger partial charge is 1.00 e. The van der Waals surface area contributed by atoms with Crippen molar-refractivity contribution in [2.45, 2.75) is 212 Å². The smallest absolute Gasteiger partial charge is 0.515 e. The summed E-state index contributed by atoms with van der Waals surface area (Å²) in [5.41, 5.74) is 7.36. The van der Waals surface area contributed by atoms with Crippen LogP contribution in [0.5, 0.6) is 0 Å². The molecule has 1 saturated carbocycles. The van der Waals surface area contributed by atoms with E-state index in [-0.39, 0.29) is 57.3 Å². The molecule has 3 heterocycles. The predicted molar refractivity (Wildman–Crippen MR) is 333 cm³/mol. The Morgan fingerprint density at radius 1 is 0.825 bits per heavy atom. The molecule has 1 fully saturated rings. The number of amides is 1. The number of carbonyl (C=O) groups excluding carboxylic acids is 3. The van der Waals surface area contributed by atoms with Crippen LogP contribution in [0.1, 0.15) is 219 Å². The maximum Gasteiger partial charge on any atom is 1.00 e. The Labute approximate surface area is 530 Å². The number of aryl methyl sites for hydroxylation is 3. The summed E-state index contributed by atoms with van der Waals surface area (Å²) < 4.78 is 37.1. The Morgan fingerprint density at radius 2 is 1.44 bits per heavy atom. The topological polar surface area (TPSA) is 113 Å². The summed E-state index contributed by atoms with van der Waals surface area (Å²) in [6, 6.07) is 13.3. The minimum Gasteiger partial charge on any atom is -0.515 e. The molecule has 3 aliphatic rings. The van der Waals surface area contributed by atoms with Crippen molar-refractivity contribution < 1.29 is 88.6 Å². The van der Waals surface area contributed by atoms with Crippen molar-refractivity contribution in [3.05, 3.63) is 101 Å². The van der Waals surface area contributed by atoms with Gasteiger partial charge in [-0.3, -0.25) is 9.78 Å². The maximum absolute atomic E-state index is 12.2. The molecule has 1 aliphatic carbocycles. The second-order valence-electron chi connectivity index (χ2n) is 21.5. The second kappa shape index (κ2) is 52.5. The van der Waals surface area contributed by atoms with Crippen LogP contribution < -0.4 is 66.9 Å². The number of halogens is 2. The number of hydrogen-bond donors (Lipinski definition) is 2. The minimum absolute atomic E-state index is 0. The zero-order chi connectivity index (χ0) is 60.0. The van der Waals surface area contributed by atoms with Gasteiger partial charge in [-0.15, -0.1) is 17.7 Å². The molecule has 4 atom stereocenters. The number of pyridine rings is 1. The van der Waals surface area contributed by atoms with Crippen LogP contribution in [-0.2, 0) is 23.9 Å². The van der Waals surface area contributed by atoms with Crippen molar-refractivity contribution >= 4 is 41.6 Å². The van der Waals surface area contributed by atoms with Gasteiger partial charge in [0.2, 0.25) is 5.91 Å². The molecule has 0 radical (unpaired) electrons. The number of ether oxygens (including phenoxy) is 2. The zero-order valence-corrected chi connectivity index (χ0v) is 57.0. The molecule has 13 heteroatoms. The molecule has 0 bridgehead atoms. The number of aldehydes is 1. The van der Waals surface area contributed by atoms with Crippen molar-refractivity contribution in [2.75, 3.05) is 58.7 Å². The molecule has 3 aromatic rings. The summed E-state index contributed by atoms with van der Waals surface area (Å²) in [7, 11) is 9.11. The van der Waals surface area contributed by atoms with Crippen LogP contribution in [0.25, 0.3) is 5.57 Å². The molecular formula is C67H112F2KN5O5. The van der Waals surface area contributed by atoms with E-state index in [1.807, 2.05) is 40.2 Å². The van der Waals surface area contributed by atoms with E-state index < -0.39 is 11.6 Å². The molecule has 450 valence electrons. The standard InChI is InChI=1S/C14H16N2O2.C11H24O.C11H24.C9H11N2.C7H6F2.C6H11NO2.C5H10.C4H10.K/c1-10-6-11(9-17)7-13(15-10)12-8-16(2)5-4-14(12)18-3;1-5-7-8-11(9-12-4)10(3)6-2;1-5-7-11(4)9-8-10(3)6-2;1-7-3-4-8-9(5-7)11(2)6-10-8;1-5-2-6(8)4-7(9)3-5;1-7-6(9)4-2-3-5-8;1-2-4-5-3-1;1-3-4-2;/h6-8H,4-5H2,1-3H3;10-11H,5-9H2,1-4H3;10-11H,5-9H2,1-4H3;3-6,10H,1-2H3;2-4H,1H3;5H,2-4H2,1H3,(H,7,9);1-5H2;3-4H2,1-2H3;/q;;;-1;;;;;+1. The quantitative estimate of drug-likeness (QED) is 0.0357. The number of nitrogens with zero attached hydrogens (tertiary/aromatic N) is 3. The number of allylic oxidation sites excluding steroid dienone is 1. The first-order chi connectivity index (χ1) is 37.8. The number of rotatable bonds is 21. The van der Waals surface area contributed by atoms with E-state index in [1.54, 1.807) is 40.3 Å². The Hall–Kier alpha value is -3.33. The SMILES string of the molecule is C1CCCC1.CCCC.CCCC(C)CCC(C)CC.CCCCC(COC)C(C)CC.CNC(=O)CCCC=O.COC1=C(c2cc([C-]=O)cc(C)n2)C=[N+](C)CC1.Cc1cc(F)cc(F)c1.Cc1ccc2c(c1)N(C)[CH-]N2.[K+]. The van der Waals surface area contributed by atoms with Gasteiger partial charge in [-0.25, -0.2) is 13.4 Å². The number of hydrogen-bond acceptors (Lipinski definition) is 8. The molecule has 80 heavy (non-hydrogen) atoms. The van der Waals surface area contributed by atoms with E-state index >= 15 is 0 Å². The van der Waals surface area contributed by atoms with Gasteiger partial charge in [0.15, 0.2) is 6.21 Å². The van der Waals surface area contributed by atoms with Crippen LogP contribution in [0.15, 0.2) is 54.3 Å². The number of nitrogens with one attached hydrogen (secondary N) is 2. The summed E-state index contributed by atoms with van der Waals surface area (Å²) in [4.78, 5) is 37.5. The number of benzene rings is 2. The van der Waals surface area contributed by atoms with Gasteiger partial charge < -0.3 is 34.6 Å². The number of unbranched alkanes of at least 4 members (excludes halogenated alkanes) is 3. The summed E-state index contributed by atoms with van der Waals surface area (Å²) in [6.07, 6.45) is 29.5. The van der Waals surface area contributed by atoms with Gasteiger partial charge in [0.05, 0.1) is 25.4 Å². The molecule has 1 aromatic heterocycles. The number of aromatic nitrogens is 1. The zero-order valence-electron chi connectivity index (χ0n) is 53.9. The van der Waals surface area contributed by atoms with Crippen molar-refractivity contribution in [3.8, 4) is 0 Å². The number of anilines is 2. The van der Waals surface area contributed by atoms with Gasteiger partial charge in [-0.2, -0.15) is 6.67 Å². The van der Waals surface area contributed by atoms with E-state index in [0.29, 0.717) is 30.4 Å². The van der Waals surface area contributed by atoms with E-state index in [2.05, 4.69) is 113 Å². The van der Waals surface area contributed by atoms with Crippen LogP contribution in [0, 0.1) is 62.7 Å². The van der Waals surface area contributed by atoms with Gasteiger partial charge in [-0.1, -0.05) is 165 Å². The number of carbonyl (C=O) groups is 2. The van der Waals surface area contributed by atoms with Gasteiger partial charge in [0, 0.05) is 56.7 Å². The minimum atomic E-state index is -0.521. The Morgan fingerprint density at radius 3 is 1.93 bits per heavy atom. The first-order valence-corrected chi connectivity index (χ1v) is 30.0. The molecule has 4 unspecified atom stereocenters. The molecule has 10 nitrogen and oxygen atoms in total. The van der Waals surface area contributed by atoms with E-state index in [4.69, 9.17) is 9.47 Å². The average Bonchev–Trinajstić information content (AvgIpc) is 4.15. The van der Waals surface area contributed by atoms with Crippen molar-refractivity contribution in [2.24, 2.45) is 23.7 Å². The Kier molecular flexibility index (Phi) is 53.0. The van der Waals surface area contributed by atoms with E-state index in [9.17, 15) is 23.2 Å². The summed E-state index contributed by atoms with van der Waals surface area (Å²) in [6.45, 7) is 29.9. The van der Waals surface area contributed by atoms with Crippen LogP contribution in [0.3, 0.4) is 0 Å². The maximum atomic E-state index is 12.2. The molecule has 2 aliphatic heterocycles. The predicted octanol–water partition coefficient (Wildman–Crippen LogP) is 14.2. The van der Waals surface area contributed by atoms with Crippen molar-refractivity contribution in [1.82, 2.24) is 10.3 Å². The van der Waals surface area contributed by atoms with Gasteiger partial charge in [0.1, 0.15) is 37.3 Å². The van der Waals surface area contributed by atoms with Crippen LogP contribution in [-0.4, -0.2) is 82.8 Å². The first kappa shape index (κ1) is 80.9. The van der Waals surface area contributed by atoms with Crippen molar-refractivity contribution in [3.63, 3.8) is 0 Å². The van der Waals surface area contributed by atoms with Crippen LogP contribution in [0.4, 0.5) is 20.2 Å².